The molecule has 0 spiro atoms. The van der Waals surface area contributed by atoms with Crippen molar-refractivity contribution < 1.29 is 9.59 Å². The van der Waals surface area contributed by atoms with Crippen molar-refractivity contribution in [1.29, 1.82) is 0 Å². The van der Waals surface area contributed by atoms with Gasteiger partial charge >= 0.3 is 0 Å². The normalized spacial score (nSPS) is 17.3. The third kappa shape index (κ3) is 3.74. The highest BCUT2D eigenvalue weighted by atomic mass is 16.2. The summed E-state index contributed by atoms with van der Waals surface area (Å²) in [7, 11) is 0. The molecule has 23 heavy (non-hydrogen) atoms. The molecule has 3 rings (SSSR count). The van der Waals surface area contributed by atoms with Gasteiger partial charge in [-0.05, 0) is 24.6 Å². The zero-order valence-corrected chi connectivity index (χ0v) is 13.0. The van der Waals surface area contributed by atoms with Crippen molar-refractivity contribution >= 4 is 17.6 Å². The van der Waals surface area contributed by atoms with Gasteiger partial charge in [-0.3, -0.25) is 9.59 Å². The molecule has 0 bridgehead atoms. The zero-order chi connectivity index (χ0) is 16.2. The molecule has 5 nitrogen and oxygen atoms in total. The number of anilines is 1. The van der Waals surface area contributed by atoms with Gasteiger partial charge in [-0.15, -0.1) is 0 Å². The number of benzene rings is 1. The molecule has 1 N–H and O–H groups in total. The third-order valence-corrected chi connectivity index (χ3v) is 4.00. The Balaban J connectivity index is 1.60. The molecule has 0 radical (unpaired) electrons. The van der Waals surface area contributed by atoms with E-state index in [2.05, 4.69) is 10.3 Å². The van der Waals surface area contributed by atoms with Crippen LogP contribution in [0.3, 0.4) is 0 Å². The van der Waals surface area contributed by atoms with Gasteiger partial charge in [0.15, 0.2) is 0 Å². The van der Waals surface area contributed by atoms with Crippen LogP contribution < -0.4 is 5.32 Å². The van der Waals surface area contributed by atoms with Gasteiger partial charge in [-0.1, -0.05) is 35.9 Å². The number of pyridine rings is 1. The molecule has 1 aromatic heterocycles. The maximum atomic E-state index is 12.3. The lowest BCUT2D eigenvalue weighted by atomic mass is 10.1. The van der Waals surface area contributed by atoms with E-state index < -0.39 is 0 Å². The van der Waals surface area contributed by atoms with Crippen LogP contribution in [-0.4, -0.2) is 28.2 Å². The fourth-order valence-electron chi connectivity index (χ4n) is 2.68. The molecule has 0 saturated carbocycles. The molecule has 2 amide bonds. The minimum absolute atomic E-state index is 0.0201. The van der Waals surface area contributed by atoms with Crippen molar-refractivity contribution in [3.63, 3.8) is 0 Å². The molecule has 1 aliphatic heterocycles. The summed E-state index contributed by atoms with van der Waals surface area (Å²) in [6, 6.07) is 13.4. The maximum Gasteiger partial charge on any atom is 0.230 e. The number of likely N-dealkylation sites (tertiary alicyclic amines) is 1. The SMILES string of the molecule is Cc1ccc(CN2CC(C(=O)Nc3ccccn3)CC2=O)cc1. The third-order valence-electron chi connectivity index (χ3n) is 4.00. The van der Waals surface area contributed by atoms with Crippen LogP contribution in [0.15, 0.2) is 48.7 Å². The number of nitrogens with zero attached hydrogens (tertiary/aromatic N) is 2. The monoisotopic (exact) mass is 309 g/mol. The largest absolute Gasteiger partial charge is 0.338 e. The summed E-state index contributed by atoms with van der Waals surface area (Å²) >= 11 is 0. The molecular formula is C18H19N3O2. The summed E-state index contributed by atoms with van der Waals surface area (Å²) in [5, 5.41) is 2.77. The maximum absolute atomic E-state index is 12.3. The standard InChI is InChI=1S/C18H19N3O2/c1-13-5-7-14(8-6-13)11-21-12-15(10-17(21)22)18(23)20-16-4-2-3-9-19-16/h2-9,15H,10-12H2,1H3,(H,19,20,23). The number of aryl methyl sites for hydroxylation is 1. The van der Waals surface area contributed by atoms with Gasteiger partial charge < -0.3 is 10.2 Å². The van der Waals surface area contributed by atoms with E-state index in [0.717, 1.165) is 5.56 Å². The van der Waals surface area contributed by atoms with Crippen molar-refractivity contribution in [3.05, 3.63) is 59.8 Å². The second-order valence-corrected chi connectivity index (χ2v) is 5.87. The zero-order valence-electron chi connectivity index (χ0n) is 13.0. The quantitative estimate of drug-likeness (QED) is 0.943. The Hall–Kier alpha value is -2.69. The van der Waals surface area contributed by atoms with E-state index in [1.807, 2.05) is 37.3 Å². The molecule has 2 aromatic rings. The molecule has 2 heterocycles. The van der Waals surface area contributed by atoms with Gasteiger partial charge in [-0.2, -0.15) is 0 Å². The fourth-order valence-corrected chi connectivity index (χ4v) is 2.68. The number of carbonyl (C=O) groups is 2. The number of hydrogen-bond acceptors (Lipinski definition) is 3. The fraction of sp³-hybridized carbons (Fsp3) is 0.278. The first-order chi connectivity index (χ1) is 11.1. The van der Waals surface area contributed by atoms with E-state index in [1.54, 1.807) is 23.2 Å². The van der Waals surface area contributed by atoms with Crippen LogP contribution in [0.2, 0.25) is 0 Å². The van der Waals surface area contributed by atoms with Crippen LogP contribution in [0.4, 0.5) is 5.82 Å². The molecular weight excluding hydrogens is 290 g/mol. The Bertz CT molecular complexity index is 698. The Morgan fingerprint density at radius 1 is 1.26 bits per heavy atom. The molecule has 1 atom stereocenters. The Morgan fingerprint density at radius 3 is 2.74 bits per heavy atom. The summed E-state index contributed by atoms with van der Waals surface area (Å²) < 4.78 is 0. The first-order valence-electron chi connectivity index (χ1n) is 7.67. The molecule has 1 unspecified atom stereocenters. The highest BCUT2D eigenvalue weighted by Crippen LogP contribution is 2.21. The van der Waals surface area contributed by atoms with Crippen molar-refractivity contribution in [2.24, 2.45) is 5.92 Å². The summed E-state index contributed by atoms with van der Waals surface area (Å²) in [6.45, 7) is 3.03. The van der Waals surface area contributed by atoms with Gasteiger partial charge in [-0.25, -0.2) is 4.98 Å². The lowest BCUT2D eigenvalue weighted by Gasteiger charge is -2.16. The Morgan fingerprint density at radius 2 is 2.04 bits per heavy atom. The number of carbonyl (C=O) groups excluding carboxylic acids is 2. The summed E-state index contributed by atoms with van der Waals surface area (Å²) in [4.78, 5) is 30.2. The first-order valence-corrected chi connectivity index (χ1v) is 7.67. The smallest absolute Gasteiger partial charge is 0.230 e. The van der Waals surface area contributed by atoms with E-state index in [1.165, 1.54) is 5.56 Å². The molecule has 1 aromatic carbocycles. The number of hydrogen-bond donors (Lipinski definition) is 1. The van der Waals surface area contributed by atoms with Crippen molar-refractivity contribution in [3.8, 4) is 0 Å². The minimum Gasteiger partial charge on any atom is -0.338 e. The van der Waals surface area contributed by atoms with E-state index in [-0.39, 0.29) is 24.2 Å². The molecule has 1 saturated heterocycles. The van der Waals surface area contributed by atoms with Crippen LogP contribution in [0.25, 0.3) is 0 Å². The lowest BCUT2D eigenvalue weighted by Crippen LogP contribution is -2.28. The van der Waals surface area contributed by atoms with Crippen molar-refractivity contribution in [2.45, 2.75) is 19.9 Å². The number of amides is 2. The van der Waals surface area contributed by atoms with Crippen molar-refractivity contribution in [2.75, 3.05) is 11.9 Å². The second kappa shape index (κ2) is 6.60. The topological polar surface area (TPSA) is 62.3 Å². The van der Waals surface area contributed by atoms with Gasteiger partial charge in [0.05, 0.1) is 5.92 Å². The van der Waals surface area contributed by atoms with Crippen molar-refractivity contribution in [1.82, 2.24) is 9.88 Å². The summed E-state index contributed by atoms with van der Waals surface area (Å²) in [5.41, 5.74) is 2.27. The van der Waals surface area contributed by atoms with Gasteiger partial charge in [0.25, 0.3) is 0 Å². The molecule has 118 valence electrons. The molecule has 1 aliphatic rings. The van der Waals surface area contributed by atoms with E-state index in [4.69, 9.17) is 0 Å². The van der Waals surface area contributed by atoms with E-state index in [9.17, 15) is 9.59 Å². The minimum atomic E-state index is -0.324. The highest BCUT2D eigenvalue weighted by Gasteiger charge is 2.34. The van der Waals surface area contributed by atoms with Crippen LogP contribution in [-0.2, 0) is 16.1 Å². The van der Waals surface area contributed by atoms with Crippen LogP contribution >= 0.6 is 0 Å². The number of nitrogens with one attached hydrogen (secondary N) is 1. The van der Waals surface area contributed by atoms with E-state index >= 15 is 0 Å². The van der Waals surface area contributed by atoms with Crippen LogP contribution in [0.1, 0.15) is 17.5 Å². The van der Waals surface area contributed by atoms with Gasteiger partial charge in [0, 0.05) is 25.7 Å². The molecule has 1 fully saturated rings. The molecule has 5 heteroatoms. The van der Waals surface area contributed by atoms with Gasteiger partial charge in [0.1, 0.15) is 5.82 Å². The number of rotatable bonds is 4. The summed E-state index contributed by atoms with van der Waals surface area (Å²) in [6.07, 6.45) is 1.88. The average molecular weight is 309 g/mol. The number of aromatic nitrogens is 1. The lowest BCUT2D eigenvalue weighted by molar-refractivity contribution is -0.128. The predicted molar refractivity (Wildman–Crippen MR) is 87.6 cm³/mol. The first kappa shape index (κ1) is 15.2. The second-order valence-electron chi connectivity index (χ2n) is 5.87. The Kier molecular flexibility index (Phi) is 4.37. The van der Waals surface area contributed by atoms with Crippen LogP contribution in [0.5, 0.6) is 0 Å². The Labute approximate surface area is 135 Å². The molecule has 0 aliphatic carbocycles. The van der Waals surface area contributed by atoms with E-state index in [0.29, 0.717) is 18.9 Å². The predicted octanol–water partition coefficient (Wildman–Crippen LogP) is 2.38. The van der Waals surface area contributed by atoms with Crippen LogP contribution in [0, 0.1) is 12.8 Å². The highest BCUT2D eigenvalue weighted by molar-refractivity contribution is 5.96. The summed E-state index contributed by atoms with van der Waals surface area (Å²) in [5.74, 6) is 0.0621. The average Bonchev–Trinajstić information content (AvgIpc) is 2.92. The van der Waals surface area contributed by atoms with Gasteiger partial charge in [0.2, 0.25) is 11.8 Å².